The highest BCUT2D eigenvalue weighted by molar-refractivity contribution is 14.1. The van der Waals surface area contributed by atoms with Gasteiger partial charge in [-0.25, -0.2) is 0 Å². The third-order valence-electron chi connectivity index (χ3n) is 3.28. The van der Waals surface area contributed by atoms with E-state index in [9.17, 15) is 9.59 Å². The number of ether oxygens (including phenoxy) is 1. The van der Waals surface area contributed by atoms with Crippen molar-refractivity contribution in [1.82, 2.24) is 0 Å². The number of rotatable bonds is 5. The number of nitrogens with one attached hydrogen (secondary N) is 1. The minimum atomic E-state index is -0.983. The van der Waals surface area contributed by atoms with Gasteiger partial charge in [-0.1, -0.05) is 12.1 Å². The third-order valence-corrected chi connectivity index (χ3v) is 4.22. The van der Waals surface area contributed by atoms with Crippen molar-refractivity contribution in [1.29, 1.82) is 0 Å². The molecule has 0 aliphatic carbocycles. The van der Waals surface area contributed by atoms with Gasteiger partial charge in [0.05, 0.1) is 24.1 Å². The van der Waals surface area contributed by atoms with Gasteiger partial charge in [0.2, 0.25) is 5.91 Å². The van der Waals surface area contributed by atoms with Crippen molar-refractivity contribution in [3.8, 4) is 0 Å². The van der Waals surface area contributed by atoms with Crippen molar-refractivity contribution in [3.05, 3.63) is 27.8 Å². The molecular weight excluding hydrogens is 373 g/mol. The second-order valence-corrected chi connectivity index (χ2v) is 5.89. The highest BCUT2D eigenvalue weighted by atomic mass is 127. The minimum Gasteiger partial charge on any atom is -0.481 e. The molecule has 108 valence electrons. The second-order valence-electron chi connectivity index (χ2n) is 4.72. The van der Waals surface area contributed by atoms with Gasteiger partial charge in [0.25, 0.3) is 0 Å². The van der Waals surface area contributed by atoms with Gasteiger partial charge in [0, 0.05) is 10.2 Å². The summed E-state index contributed by atoms with van der Waals surface area (Å²) >= 11 is 2.13. The van der Waals surface area contributed by atoms with Gasteiger partial charge in [0.15, 0.2) is 0 Å². The summed E-state index contributed by atoms with van der Waals surface area (Å²) in [5.41, 5.74) is 0.700. The summed E-state index contributed by atoms with van der Waals surface area (Å²) in [5, 5.41) is 11.8. The fraction of sp³-hybridized carbons (Fsp3) is 0.429. The standard InChI is InChI=1S/C14H16INO4/c15-10-4-1-2-5-11(10)16-14(19)9(8-13(17)18)12-6-3-7-20-12/h1-2,4-5,9,12H,3,6-8H2,(H,16,19)(H,17,18). The molecular formula is C14H16INO4. The van der Waals surface area contributed by atoms with Gasteiger partial charge in [0.1, 0.15) is 0 Å². The lowest BCUT2D eigenvalue weighted by Gasteiger charge is -2.21. The predicted octanol–water partition coefficient (Wildman–Crippen LogP) is 2.50. The Balaban J connectivity index is 2.09. The lowest BCUT2D eigenvalue weighted by molar-refractivity contribution is -0.142. The largest absolute Gasteiger partial charge is 0.481 e. The number of anilines is 1. The zero-order valence-electron chi connectivity index (χ0n) is 10.8. The molecule has 0 bridgehead atoms. The molecule has 0 radical (unpaired) electrons. The summed E-state index contributed by atoms with van der Waals surface area (Å²) in [6, 6.07) is 7.39. The molecule has 1 saturated heterocycles. The molecule has 6 heteroatoms. The monoisotopic (exact) mass is 389 g/mol. The van der Waals surface area contributed by atoms with Crippen LogP contribution >= 0.6 is 22.6 Å². The van der Waals surface area contributed by atoms with E-state index in [1.54, 1.807) is 6.07 Å². The minimum absolute atomic E-state index is 0.208. The van der Waals surface area contributed by atoms with E-state index in [-0.39, 0.29) is 18.4 Å². The number of amides is 1. The highest BCUT2D eigenvalue weighted by Crippen LogP contribution is 2.25. The second kappa shape index (κ2) is 7.03. The van der Waals surface area contributed by atoms with Crippen molar-refractivity contribution in [2.45, 2.75) is 25.4 Å². The van der Waals surface area contributed by atoms with Gasteiger partial charge < -0.3 is 15.2 Å². The number of carbonyl (C=O) groups is 2. The Labute approximate surface area is 130 Å². The lowest BCUT2D eigenvalue weighted by atomic mass is 9.95. The number of para-hydroxylation sites is 1. The van der Waals surface area contributed by atoms with E-state index < -0.39 is 11.9 Å². The lowest BCUT2D eigenvalue weighted by Crippen LogP contribution is -2.34. The van der Waals surface area contributed by atoms with Gasteiger partial charge in [-0.3, -0.25) is 9.59 Å². The van der Waals surface area contributed by atoms with Crippen molar-refractivity contribution >= 4 is 40.2 Å². The maximum atomic E-state index is 12.3. The Bertz CT molecular complexity index is 500. The smallest absolute Gasteiger partial charge is 0.304 e. The predicted molar refractivity (Wildman–Crippen MR) is 82.5 cm³/mol. The number of carboxylic acids is 1. The first kappa shape index (κ1) is 15.2. The zero-order valence-corrected chi connectivity index (χ0v) is 13.0. The first-order valence-electron chi connectivity index (χ1n) is 6.46. The van der Waals surface area contributed by atoms with Crippen LogP contribution < -0.4 is 5.32 Å². The van der Waals surface area contributed by atoms with E-state index in [1.165, 1.54) is 0 Å². The Kier molecular flexibility index (Phi) is 5.36. The van der Waals surface area contributed by atoms with E-state index in [0.717, 1.165) is 16.4 Å². The molecule has 2 atom stereocenters. The van der Waals surface area contributed by atoms with E-state index in [0.29, 0.717) is 12.3 Å². The zero-order chi connectivity index (χ0) is 14.5. The molecule has 2 unspecified atom stereocenters. The van der Waals surface area contributed by atoms with Gasteiger partial charge in [-0.05, 0) is 47.6 Å². The van der Waals surface area contributed by atoms with Crippen LogP contribution in [0.3, 0.4) is 0 Å². The van der Waals surface area contributed by atoms with Crippen molar-refractivity contribution in [3.63, 3.8) is 0 Å². The Morgan fingerprint density at radius 3 is 2.80 bits per heavy atom. The van der Waals surface area contributed by atoms with Crippen LogP contribution in [0.25, 0.3) is 0 Å². The molecule has 1 aliphatic rings. The van der Waals surface area contributed by atoms with Crippen LogP contribution in [0.5, 0.6) is 0 Å². The number of carbonyl (C=O) groups excluding carboxylic acids is 1. The molecule has 0 spiro atoms. The Morgan fingerprint density at radius 1 is 1.45 bits per heavy atom. The van der Waals surface area contributed by atoms with Crippen LogP contribution in [-0.4, -0.2) is 29.7 Å². The van der Waals surface area contributed by atoms with E-state index in [4.69, 9.17) is 9.84 Å². The summed E-state index contributed by atoms with van der Waals surface area (Å²) in [5.74, 6) is -1.92. The average Bonchev–Trinajstić information content (AvgIpc) is 2.92. The number of benzene rings is 1. The quantitative estimate of drug-likeness (QED) is 0.759. The maximum absolute atomic E-state index is 12.3. The molecule has 1 aliphatic heterocycles. The number of carboxylic acid groups (broad SMARTS) is 1. The fourth-order valence-electron chi connectivity index (χ4n) is 2.29. The molecule has 0 aromatic heterocycles. The molecule has 1 aromatic rings. The fourth-order valence-corrected chi connectivity index (χ4v) is 2.81. The van der Waals surface area contributed by atoms with Crippen molar-refractivity contribution in [2.75, 3.05) is 11.9 Å². The highest BCUT2D eigenvalue weighted by Gasteiger charge is 2.33. The number of hydrogen-bond acceptors (Lipinski definition) is 3. The normalized spacial score (nSPS) is 19.6. The SMILES string of the molecule is O=C(O)CC(C(=O)Nc1ccccc1I)C1CCCO1. The van der Waals surface area contributed by atoms with E-state index in [1.807, 2.05) is 18.2 Å². The summed E-state index contributed by atoms with van der Waals surface area (Å²) in [6.45, 7) is 0.594. The van der Waals surface area contributed by atoms with Gasteiger partial charge >= 0.3 is 5.97 Å². The molecule has 1 aromatic carbocycles. The van der Waals surface area contributed by atoms with Crippen LogP contribution in [0, 0.1) is 9.49 Å². The Hall–Kier alpha value is -1.15. The van der Waals surface area contributed by atoms with Gasteiger partial charge in [-0.2, -0.15) is 0 Å². The molecule has 1 heterocycles. The molecule has 2 rings (SSSR count). The van der Waals surface area contributed by atoms with Gasteiger partial charge in [-0.15, -0.1) is 0 Å². The van der Waals surface area contributed by atoms with Crippen molar-refractivity contribution < 1.29 is 19.4 Å². The number of halogens is 1. The summed E-state index contributed by atoms with van der Waals surface area (Å²) in [7, 11) is 0. The first-order chi connectivity index (χ1) is 9.58. The summed E-state index contributed by atoms with van der Waals surface area (Å²) in [6.07, 6.45) is 1.10. The van der Waals surface area contributed by atoms with E-state index in [2.05, 4.69) is 27.9 Å². The molecule has 2 N–H and O–H groups in total. The average molecular weight is 389 g/mol. The van der Waals surface area contributed by atoms with Crippen LogP contribution in [0.15, 0.2) is 24.3 Å². The summed E-state index contributed by atoms with van der Waals surface area (Å²) < 4.78 is 6.40. The molecule has 5 nitrogen and oxygen atoms in total. The number of hydrogen-bond donors (Lipinski definition) is 2. The molecule has 1 fully saturated rings. The van der Waals surface area contributed by atoms with Crippen LogP contribution in [0.2, 0.25) is 0 Å². The van der Waals surface area contributed by atoms with Crippen LogP contribution in [0.4, 0.5) is 5.69 Å². The van der Waals surface area contributed by atoms with Crippen molar-refractivity contribution in [2.24, 2.45) is 5.92 Å². The summed E-state index contributed by atoms with van der Waals surface area (Å²) in [4.78, 5) is 23.3. The van der Waals surface area contributed by atoms with Crippen LogP contribution in [-0.2, 0) is 14.3 Å². The number of aliphatic carboxylic acids is 1. The maximum Gasteiger partial charge on any atom is 0.304 e. The Morgan fingerprint density at radius 2 is 2.20 bits per heavy atom. The van der Waals surface area contributed by atoms with E-state index >= 15 is 0 Å². The molecule has 20 heavy (non-hydrogen) atoms. The third kappa shape index (κ3) is 3.92. The first-order valence-corrected chi connectivity index (χ1v) is 7.54. The van der Waals surface area contributed by atoms with Crippen LogP contribution in [0.1, 0.15) is 19.3 Å². The topological polar surface area (TPSA) is 75.6 Å². The molecule has 1 amide bonds. The molecule has 0 saturated carbocycles.